The molecule has 0 bridgehead atoms. The third-order valence-electron chi connectivity index (χ3n) is 4.21. The molecule has 5 nitrogen and oxygen atoms in total. The van der Waals surface area contributed by atoms with Gasteiger partial charge in [-0.3, -0.25) is 9.36 Å². The summed E-state index contributed by atoms with van der Waals surface area (Å²) in [4.78, 5) is 28.9. The van der Waals surface area contributed by atoms with Gasteiger partial charge in [-0.1, -0.05) is 49.0 Å². The van der Waals surface area contributed by atoms with Crippen molar-refractivity contribution < 1.29 is 14.7 Å². The number of nitrogens with zero attached hydrogens (tertiary/aromatic N) is 2. The summed E-state index contributed by atoms with van der Waals surface area (Å²) in [6.07, 6.45) is 0.662. The van der Waals surface area contributed by atoms with Gasteiger partial charge >= 0.3 is 5.97 Å². The Morgan fingerprint density at radius 3 is 2.71 bits per heavy atom. The normalized spacial score (nSPS) is 16.5. The van der Waals surface area contributed by atoms with Crippen LogP contribution in [0, 0.1) is 0 Å². The Bertz CT molecular complexity index is 979. The molecule has 0 radical (unpaired) electrons. The molecule has 3 aromatic rings. The van der Waals surface area contributed by atoms with E-state index in [0.29, 0.717) is 22.6 Å². The fourth-order valence-electron chi connectivity index (χ4n) is 3.02. The highest BCUT2D eigenvalue weighted by atomic mass is 32.2. The average Bonchev–Trinajstić information content (AvgIpc) is 3.11. The van der Waals surface area contributed by atoms with Crippen LogP contribution in [-0.2, 0) is 6.42 Å². The molecule has 1 aliphatic rings. The molecule has 0 saturated carbocycles. The second kappa shape index (κ2) is 5.49. The Kier molecular flexibility index (Phi) is 3.42. The molecule has 1 atom stereocenters. The van der Waals surface area contributed by atoms with Crippen LogP contribution >= 0.6 is 11.8 Å². The van der Waals surface area contributed by atoms with Gasteiger partial charge in [-0.2, -0.15) is 0 Å². The van der Waals surface area contributed by atoms with Gasteiger partial charge in [0.1, 0.15) is 5.25 Å². The lowest BCUT2D eigenvalue weighted by Gasteiger charge is -2.08. The van der Waals surface area contributed by atoms with Gasteiger partial charge in [0.25, 0.3) is 5.91 Å². The third-order valence-corrected chi connectivity index (χ3v) is 5.40. The summed E-state index contributed by atoms with van der Waals surface area (Å²) in [5, 5.41) is 9.62. The summed E-state index contributed by atoms with van der Waals surface area (Å²) in [7, 11) is 0. The Morgan fingerprint density at radius 2 is 2.04 bits per heavy atom. The van der Waals surface area contributed by atoms with Gasteiger partial charge in [-0.15, -0.1) is 0 Å². The molecular formula is C18H14N2O3S. The number of hydrogen-bond donors (Lipinski definition) is 1. The van der Waals surface area contributed by atoms with Gasteiger partial charge < -0.3 is 5.11 Å². The molecule has 0 amide bonds. The molecule has 2 aromatic carbocycles. The molecule has 2 heterocycles. The molecule has 4 rings (SSSR count). The Balaban J connectivity index is 1.89. The molecule has 0 saturated heterocycles. The van der Waals surface area contributed by atoms with Crippen LogP contribution in [0.5, 0.6) is 0 Å². The number of carbonyl (C=O) groups is 2. The number of benzene rings is 2. The molecule has 6 heteroatoms. The Hall–Kier alpha value is -2.60. The first kappa shape index (κ1) is 15.0. The first-order valence-corrected chi connectivity index (χ1v) is 8.52. The number of carboxylic acids is 1. The van der Waals surface area contributed by atoms with Crippen molar-refractivity contribution in [3.63, 3.8) is 0 Å². The van der Waals surface area contributed by atoms with Crippen molar-refractivity contribution in [2.75, 3.05) is 0 Å². The topological polar surface area (TPSA) is 72.2 Å². The lowest BCUT2D eigenvalue weighted by Crippen LogP contribution is -2.12. The van der Waals surface area contributed by atoms with Crippen molar-refractivity contribution in [2.45, 2.75) is 23.8 Å². The largest absolute Gasteiger partial charge is 0.478 e. The van der Waals surface area contributed by atoms with Crippen molar-refractivity contribution in [1.82, 2.24) is 9.55 Å². The molecule has 24 heavy (non-hydrogen) atoms. The van der Waals surface area contributed by atoms with Crippen LogP contribution in [0.15, 0.2) is 47.6 Å². The highest BCUT2D eigenvalue weighted by molar-refractivity contribution is 8.00. The van der Waals surface area contributed by atoms with Gasteiger partial charge in [0.2, 0.25) is 0 Å². The van der Waals surface area contributed by atoms with E-state index in [1.807, 2.05) is 37.3 Å². The van der Waals surface area contributed by atoms with Crippen LogP contribution < -0.4 is 0 Å². The first-order chi connectivity index (χ1) is 11.6. The van der Waals surface area contributed by atoms with E-state index in [0.717, 1.165) is 11.1 Å². The predicted molar refractivity (Wildman–Crippen MR) is 91.7 cm³/mol. The maximum Gasteiger partial charge on any atom is 0.335 e. The molecule has 1 N–H and O–H groups in total. The summed E-state index contributed by atoms with van der Waals surface area (Å²) in [5.74, 6) is -1.08. The smallest absolute Gasteiger partial charge is 0.335 e. The number of imidazole rings is 1. The van der Waals surface area contributed by atoms with Crippen molar-refractivity contribution >= 4 is 34.7 Å². The number of aryl methyl sites for hydroxylation is 1. The van der Waals surface area contributed by atoms with E-state index < -0.39 is 5.97 Å². The van der Waals surface area contributed by atoms with E-state index in [9.17, 15) is 14.7 Å². The van der Waals surface area contributed by atoms with E-state index in [1.165, 1.54) is 11.8 Å². The van der Waals surface area contributed by atoms with Crippen molar-refractivity contribution in [3.05, 3.63) is 59.2 Å². The van der Waals surface area contributed by atoms with Gasteiger partial charge in [0.05, 0.1) is 16.6 Å². The third kappa shape index (κ3) is 2.14. The summed E-state index contributed by atoms with van der Waals surface area (Å²) in [5.41, 5.74) is 3.25. The van der Waals surface area contributed by atoms with Gasteiger partial charge in [-0.05, 0) is 29.7 Å². The molecule has 1 unspecified atom stereocenters. The number of hydrogen-bond acceptors (Lipinski definition) is 4. The van der Waals surface area contributed by atoms with Crippen molar-refractivity contribution in [3.8, 4) is 0 Å². The van der Waals surface area contributed by atoms with Crippen molar-refractivity contribution in [2.24, 2.45) is 0 Å². The minimum absolute atomic E-state index is 0.0757. The van der Waals surface area contributed by atoms with Crippen LogP contribution in [0.25, 0.3) is 11.0 Å². The van der Waals surface area contributed by atoms with Crippen LogP contribution in [0.1, 0.15) is 38.5 Å². The summed E-state index contributed by atoms with van der Waals surface area (Å²) < 4.78 is 1.56. The van der Waals surface area contributed by atoms with Gasteiger partial charge in [0, 0.05) is 0 Å². The number of aromatic carboxylic acids is 1. The Morgan fingerprint density at radius 1 is 1.29 bits per heavy atom. The Labute approximate surface area is 142 Å². The van der Waals surface area contributed by atoms with E-state index >= 15 is 0 Å². The lowest BCUT2D eigenvalue weighted by molar-refractivity contribution is 0.0696. The fourth-order valence-corrected chi connectivity index (χ4v) is 4.17. The highest BCUT2D eigenvalue weighted by Crippen LogP contribution is 2.44. The summed E-state index contributed by atoms with van der Waals surface area (Å²) in [6.45, 7) is 1.95. The SMILES string of the molecule is CCc1cc(C(=O)O)cc2c1nc1n2C(=O)C(c2ccccc2)S1. The molecule has 0 fully saturated rings. The van der Waals surface area contributed by atoms with Gasteiger partial charge in [0.15, 0.2) is 5.16 Å². The quantitative estimate of drug-likeness (QED) is 0.787. The molecule has 0 aliphatic carbocycles. The second-order valence-electron chi connectivity index (χ2n) is 5.64. The predicted octanol–water partition coefficient (Wildman–Crippen LogP) is 3.78. The molecule has 0 spiro atoms. The summed E-state index contributed by atoms with van der Waals surface area (Å²) in [6, 6.07) is 12.7. The second-order valence-corrected chi connectivity index (χ2v) is 6.71. The summed E-state index contributed by atoms with van der Waals surface area (Å²) >= 11 is 1.41. The minimum Gasteiger partial charge on any atom is -0.478 e. The zero-order chi connectivity index (χ0) is 16.8. The molecular weight excluding hydrogens is 324 g/mol. The van der Waals surface area contributed by atoms with Crippen molar-refractivity contribution in [1.29, 1.82) is 0 Å². The maximum absolute atomic E-state index is 12.9. The number of carboxylic acid groups (broad SMARTS) is 1. The minimum atomic E-state index is -1.00. The number of carbonyl (C=O) groups excluding carboxylic acids is 1. The average molecular weight is 338 g/mol. The number of fused-ring (bicyclic) bond motifs is 3. The molecule has 1 aromatic heterocycles. The number of aromatic nitrogens is 2. The number of thioether (sulfide) groups is 1. The zero-order valence-corrected chi connectivity index (χ0v) is 13.7. The van der Waals surface area contributed by atoms with E-state index in [4.69, 9.17) is 0 Å². The van der Waals surface area contributed by atoms with Crippen LogP contribution in [0.2, 0.25) is 0 Å². The van der Waals surface area contributed by atoms with E-state index in [-0.39, 0.29) is 16.7 Å². The lowest BCUT2D eigenvalue weighted by atomic mass is 10.1. The van der Waals surface area contributed by atoms with Crippen LogP contribution in [0.4, 0.5) is 0 Å². The van der Waals surface area contributed by atoms with Crippen LogP contribution in [0.3, 0.4) is 0 Å². The van der Waals surface area contributed by atoms with Gasteiger partial charge in [-0.25, -0.2) is 9.78 Å². The standard InChI is InChI=1S/C18H14N2O3S/c1-2-10-8-12(17(22)23)9-13-14(10)19-18-20(13)16(21)15(24-18)11-6-4-3-5-7-11/h3-9,15H,2H2,1H3,(H,22,23). The maximum atomic E-state index is 12.9. The van der Waals surface area contributed by atoms with E-state index in [2.05, 4.69) is 4.98 Å². The molecule has 1 aliphatic heterocycles. The monoisotopic (exact) mass is 338 g/mol. The fraction of sp³-hybridized carbons (Fsp3) is 0.167. The zero-order valence-electron chi connectivity index (χ0n) is 12.9. The number of rotatable bonds is 3. The first-order valence-electron chi connectivity index (χ1n) is 7.64. The highest BCUT2D eigenvalue weighted by Gasteiger charge is 2.36. The van der Waals surface area contributed by atoms with Crippen LogP contribution in [-0.4, -0.2) is 26.5 Å². The molecule has 120 valence electrons. The van der Waals surface area contributed by atoms with E-state index in [1.54, 1.807) is 16.7 Å².